The molecule has 28 heavy (non-hydrogen) atoms. The first-order valence-corrected chi connectivity index (χ1v) is 9.08. The molecule has 1 N–H and O–H groups in total. The monoisotopic (exact) mass is 376 g/mol. The maximum absolute atomic E-state index is 12.4. The van der Waals surface area contributed by atoms with Crippen LogP contribution in [0.25, 0.3) is 0 Å². The van der Waals surface area contributed by atoms with Crippen LogP contribution in [0.2, 0.25) is 0 Å². The number of rotatable bonds is 5. The lowest BCUT2D eigenvalue weighted by Gasteiger charge is -2.25. The van der Waals surface area contributed by atoms with Gasteiger partial charge in [0, 0.05) is 18.8 Å². The lowest BCUT2D eigenvalue weighted by atomic mass is 10.1. The molecule has 1 aliphatic heterocycles. The topological polar surface area (TPSA) is 69.6 Å². The van der Waals surface area contributed by atoms with Gasteiger partial charge in [-0.15, -0.1) is 0 Å². The Morgan fingerprint density at radius 3 is 2.46 bits per heavy atom. The number of ether oxygens (including phenoxy) is 2. The Kier molecular flexibility index (Phi) is 5.10. The van der Waals surface area contributed by atoms with Gasteiger partial charge in [0.2, 0.25) is 6.10 Å². The molecule has 0 aliphatic carbocycles. The fourth-order valence-electron chi connectivity index (χ4n) is 3.00. The third kappa shape index (κ3) is 4.06. The summed E-state index contributed by atoms with van der Waals surface area (Å²) >= 11 is 0. The molecule has 6 nitrogen and oxygen atoms in total. The van der Waals surface area contributed by atoms with Gasteiger partial charge in [0.1, 0.15) is 6.61 Å². The van der Waals surface area contributed by atoms with Gasteiger partial charge >= 0.3 is 0 Å². The van der Waals surface area contributed by atoms with Crippen LogP contribution in [0.15, 0.2) is 77.7 Å². The third-order valence-corrected chi connectivity index (χ3v) is 4.54. The molecule has 0 bridgehead atoms. The van der Waals surface area contributed by atoms with Crippen molar-refractivity contribution in [2.24, 2.45) is 0 Å². The molecule has 6 heteroatoms. The van der Waals surface area contributed by atoms with Gasteiger partial charge in [-0.2, -0.15) is 0 Å². The minimum atomic E-state index is -0.667. The molecule has 0 saturated heterocycles. The maximum atomic E-state index is 12.4. The average molecular weight is 376 g/mol. The zero-order valence-corrected chi connectivity index (χ0v) is 15.2. The van der Waals surface area contributed by atoms with E-state index < -0.39 is 6.10 Å². The Morgan fingerprint density at radius 2 is 1.68 bits per heavy atom. The lowest BCUT2D eigenvalue weighted by Crippen LogP contribution is -2.43. The van der Waals surface area contributed by atoms with Crippen LogP contribution in [0.4, 0.5) is 0 Å². The summed E-state index contributed by atoms with van der Waals surface area (Å²) in [4.78, 5) is 24.2. The molecule has 0 fully saturated rings. The minimum Gasteiger partial charge on any atom is -0.485 e. The molecule has 2 aromatic carbocycles. The van der Waals surface area contributed by atoms with E-state index in [1.54, 1.807) is 29.0 Å². The van der Waals surface area contributed by atoms with Crippen molar-refractivity contribution >= 4 is 5.91 Å². The summed E-state index contributed by atoms with van der Waals surface area (Å²) < 4.78 is 12.9. The second-order valence-corrected chi connectivity index (χ2v) is 6.57. The highest BCUT2D eigenvalue weighted by atomic mass is 16.6. The molecule has 0 saturated carbocycles. The van der Waals surface area contributed by atoms with E-state index in [-0.39, 0.29) is 18.1 Å². The van der Waals surface area contributed by atoms with Crippen LogP contribution in [-0.2, 0) is 17.9 Å². The van der Waals surface area contributed by atoms with E-state index in [1.165, 1.54) is 0 Å². The summed E-state index contributed by atoms with van der Waals surface area (Å²) in [6, 6.07) is 20.2. The van der Waals surface area contributed by atoms with E-state index in [0.29, 0.717) is 24.6 Å². The molecular formula is C22H20N2O4. The number of hydrogen-bond donors (Lipinski definition) is 1. The lowest BCUT2D eigenvalue weighted by molar-refractivity contribution is -0.130. The Balaban J connectivity index is 1.32. The van der Waals surface area contributed by atoms with Crippen molar-refractivity contribution in [1.29, 1.82) is 0 Å². The Hall–Kier alpha value is -3.54. The number of hydrogen-bond acceptors (Lipinski definition) is 4. The number of aromatic nitrogens is 1. The largest absolute Gasteiger partial charge is 0.485 e. The van der Waals surface area contributed by atoms with Crippen LogP contribution >= 0.6 is 0 Å². The number of amides is 1. The SMILES string of the molecule is O=C(NCc1ccc(Cn2ccccc2=O)cc1)[C@H]1COc2ccccc2O1. The van der Waals surface area contributed by atoms with E-state index in [1.807, 2.05) is 48.5 Å². The predicted octanol–water partition coefficient (Wildman–Crippen LogP) is 2.35. The van der Waals surface area contributed by atoms with Crippen LogP contribution in [0, 0.1) is 0 Å². The molecule has 1 amide bonds. The van der Waals surface area contributed by atoms with E-state index in [2.05, 4.69) is 5.32 Å². The van der Waals surface area contributed by atoms with Crippen LogP contribution in [0.5, 0.6) is 11.5 Å². The van der Waals surface area contributed by atoms with Crippen molar-refractivity contribution < 1.29 is 14.3 Å². The zero-order chi connectivity index (χ0) is 19.3. The first-order chi connectivity index (χ1) is 13.7. The molecule has 1 aromatic heterocycles. The van der Waals surface area contributed by atoms with Crippen molar-refractivity contribution in [3.8, 4) is 11.5 Å². The average Bonchev–Trinajstić information content (AvgIpc) is 2.74. The Morgan fingerprint density at radius 1 is 0.964 bits per heavy atom. The van der Waals surface area contributed by atoms with Crippen molar-refractivity contribution in [1.82, 2.24) is 9.88 Å². The summed E-state index contributed by atoms with van der Waals surface area (Å²) in [5.41, 5.74) is 1.95. The number of carbonyl (C=O) groups excluding carboxylic acids is 1. The first-order valence-electron chi connectivity index (χ1n) is 9.08. The summed E-state index contributed by atoms with van der Waals surface area (Å²) in [5.74, 6) is 1.02. The standard InChI is InChI=1S/C22H20N2O4/c25-21-7-3-4-12-24(21)14-17-10-8-16(9-11-17)13-23-22(26)20-15-27-18-5-1-2-6-19(18)28-20/h1-12,20H,13-15H2,(H,23,26)/t20-/m1/s1. The molecule has 0 unspecified atom stereocenters. The summed E-state index contributed by atoms with van der Waals surface area (Å²) in [6.07, 6.45) is 1.10. The van der Waals surface area contributed by atoms with E-state index in [4.69, 9.17) is 9.47 Å². The van der Waals surface area contributed by atoms with Crippen molar-refractivity contribution in [3.63, 3.8) is 0 Å². The maximum Gasteiger partial charge on any atom is 0.264 e. The molecule has 142 valence electrons. The van der Waals surface area contributed by atoms with Gasteiger partial charge in [-0.1, -0.05) is 42.5 Å². The highest BCUT2D eigenvalue weighted by Crippen LogP contribution is 2.30. The van der Waals surface area contributed by atoms with Gasteiger partial charge < -0.3 is 19.4 Å². The first kappa shape index (κ1) is 17.9. The van der Waals surface area contributed by atoms with Crippen LogP contribution in [-0.4, -0.2) is 23.2 Å². The second-order valence-electron chi connectivity index (χ2n) is 6.57. The highest BCUT2D eigenvalue weighted by molar-refractivity contribution is 5.81. The Labute approximate surface area is 162 Å². The summed E-state index contributed by atoms with van der Waals surface area (Å²) in [7, 11) is 0. The molecule has 4 rings (SSSR count). The number of benzene rings is 2. The van der Waals surface area contributed by atoms with Crippen molar-refractivity contribution in [3.05, 3.63) is 94.4 Å². The fraction of sp³-hybridized carbons (Fsp3) is 0.182. The second kappa shape index (κ2) is 8.00. The number of fused-ring (bicyclic) bond motifs is 1. The molecule has 0 spiro atoms. The summed E-state index contributed by atoms with van der Waals surface area (Å²) in [5, 5.41) is 2.88. The molecule has 1 atom stereocenters. The van der Waals surface area contributed by atoms with Crippen LogP contribution in [0.1, 0.15) is 11.1 Å². The van der Waals surface area contributed by atoms with Gasteiger partial charge in [0.15, 0.2) is 11.5 Å². The van der Waals surface area contributed by atoms with Crippen molar-refractivity contribution in [2.45, 2.75) is 19.2 Å². The van der Waals surface area contributed by atoms with Crippen LogP contribution in [0.3, 0.4) is 0 Å². The zero-order valence-electron chi connectivity index (χ0n) is 15.2. The molecule has 1 aliphatic rings. The third-order valence-electron chi connectivity index (χ3n) is 4.54. The van der Waals surface area contributed by atoms with E-state index in [9.17, 15) is 9.59 Å². The molecule has 3 aromatic rings. The number of nitrogens with one attached hydrogen (secondary N) is 1. The molecule has 2 heterocycles. The smallest absolute Gasteiger partial charge is 0.264 e. The van der Waals surface area contributed by atoms with Gasteiger partial charge in [-0.25, -0.2) is 0 Å². The summed E-state index contributed by atoms with van der Waals surface area (Å²) in [6.45, 7) is 1.10. The highest BCUT2D eigenvalue weighted by Gasteiger charge is 2.26. The van der Waals surface area contributed by atoms with Gasteiger partial charge in [-0.05, 0) is 29.3 Å². The molecule has 0 radical (unpaired) electrons. The predicted molar refractivity (Wildman–Crippen MR) is 104 cm³/mol. The minimum absolute atomic E-state index is 0.0323. The van der Waals surface area contributed by atoms with E-state index >= 15 is 0 Å². The van der Waals surface area contributed by atoms with Gasteiger partial charge in [-0.3, -0.25) is 9.59 Å². The van der Waals surface area contributed by atoms with Gasteiger partial charge in [0.05, 0.1) is 6.54 Å². The van der Waals surface area contributed by atoms with Crippen LogP contribution < -0.4 is 20.3 Å². The number of carbonyl (C=O) groups is 1. The van der Waals surface area contributed by atoms with E-state index in [0.717, 1.165) is 11.1 Å². The number of para-hydroxylation sites is 2. The Bertz CT molecular complexity index is 1030. The number of nitrogens with zero attached hydrogens (tertiary/aromatic N) is 1. The normalized spacial score (nSPS) is 15.1. The molecular weight excluding hydrogens is 356 g/mol. The number of pyridine rings is 1. The van der Waals surface area contributed by atoms with Gasteiger partial charge in [0.25, 0.3) is 11.5 Å². The fourth-order valence-corrected chi connectivity index (χ4v) is 3.00. The quantitative estimate of drug-likeness (QED) is 0.742. The van der Waals surface area contributed by atoms with Crippen molar-refractivity contribution in [2.75, 3.05) is 6.61 Å².